The summed E-state index contributed by atoms with van der Waals surface area (Å²) in [4.78, 5) is 12.2. The first-order valence-electron chi connectivity index (χ1n) is 3.84. The lowest BCUT2D eigenvalue weighted by molar-refractivity contribution is -0.118. The highest BCUT2D eigenvalue weighted by Crippen LogP contribution is 2.31. The van der Waals surface area contributed by atoms with Gasteiger partial charge in [-0.05, 0) is 22.0 Å². The molecule has 2 heterocycles. The highest BCUT2D eigenvalue weighted by molar-refractivity contribution is 9.10. The van der Waals surface area contributed by atoms with Gasteiger partial charge in [0, 0.05) is 20.8 Å². The summed E-state index contributed by atoms with van der Waals surface area (Å²) in [7, 11) is 0. The SMILES string of the molecule is O=C1C=COC(c2cc(Br)cs2)C1. The molecule has 1 aliphatic heterocycles. The zero-order valence-corrected chi connectivity index (χ0v) is 9.10. The van der Waals surface area contributed by atoms with Gasteiger partial charge in [-0.1, -0.05) is 0 Å². The average molecular weight is 259 g/mol. The summed E-state index contributed by atoms with van der Waals surface area (Å²) >= 11 is 4.97. The van der Waals surface area contributed by atoms with Gasteiger partial charge in [-0.15, -0.1) is 11.3 Å². The van der Waals surface area contributed by atoms with Crippen LogP contribution in [0.15, 0.2) is 28.3 Å². The maximum absolute atomic E-state index is 11.1. The molecule has 0 fully saturated rings. The first-order valence-corrected chi connectivity index (χ1v) is 5.52. The molecule has 1 atom stereocenters. The zero-order chi connectivity index (χ0) is 9.26. The molecule has 0 aromatic carbocycles. The molecule has 0 amide bonds. The van der Waals surface area contributed by atoms with Crippen molar-refractivity contribution in [3.63, 3.8) is 0 Å². The molecular weight excluding hydrogens is 252 g/mol. The third-order valence-electron chi connectivity index (χ3n) is 1.79. The van der Waals surface area contributed by atoms with E-state index in [-0.39, 0.29) is 11.9 Å². The molecule has 1 unspecified atom stereocenters. The predicted octanol–water partition coefficient (Wildman–Crippen LogP) is 3.05. The summed E-state index contributed by atoms with van der Waals surface area (Å²) in [5.41, 5.74) is 0. The van der Waals surface area contributed by atoms with Crippen molar-refractivity contribution in [1.82, 2.24) is 0 Å². The number of ketones is 1. The molecule has 0 radical (unpaired) electrons. The second-order valence-electron chi connectivity index (χ2n) is 2.77. The molecule has 1 aromatic rings. The molecule has 13 heavy (non-hydrogen) atoms. The van der Waals surface area contributed by atoms with Gasteiger partial charge >= 0.3 is 0 Å². The lowest BCUT2D eigenvalue weighted by Gasteiger charge is -2.16. The Balaban J connectivity index is 2.18. The van der Waals surface area contributed by atoms with E-state index < -0.39 is 0 Å². The number of allylic oxidation sites excluding steroid dienone is 1. The maximum Gasteiger partial charge on any atom is 0.162 e. The molecule has 0 N–H and O–H groups in total. The number of halogens is 1. The monoisotopic (exact) mass is 258 g/mol. The van der Waals surface area contributed by atoms with E-state index in [2.05, 4.69) is 15.9 Å². The smallest absolute Gasteiger partial charge is 0.162 e. The van der Waals surface area contributed by atoms with Crippen LogP contribution in [-0.2, 0) is 9.53 Å². The highest BCUT2D eigenvalue weighted by atomic mass is 79.9. The second kappa shape index (κ2) is 3.64. The standard InChI is InChI=1S/C9H7BrO2S/c10-6-3-9(13-5-6)8-4-7(11)1-2-12-8/h1-3,5,8H,4H2. The molecule has 0 bridgehead atoms. The summed E-state index contributed by atoms with van der Waals surface area (Å²) in [5, 5.41) is 1.99. The fraction of sp³-hybridized carbons (Fsp3) is 0.222. The summed E-state index contributed by atoms with van der Waals surface area (Å²) in [5.74, 6) is 0.126. The first kappa shape index (κ1) is 8.97. The van der Waals surface area contributed by atoms with Crippen LogP contribution in [0.2, 0.25) is 0 Å². The molecule has 0 saturated heterocycles. The minimum absolute atomic E-state index is 0.0891. The molecule has 2 nitrogen and oxygen atoms in total. The summed E-state index contributed by atoms with van der Waals surface area (Å²) < 4.78 is 6.38. The zero-order valence-electron chi connectivity index (χ0n) is 6.70. The number of carbonyl (C=O) groups is 1. The molecule has 4 heteroatoms. The van der Waals surface area contributed by atoms with Crippen molar-refractivity contribution in [3.8, 4) is 0 Å². The molecule has 0 aliphatic carbocycles. The van der Waals surface area contributed by atoms with E-state index >= 15 is 0 Å². The van der Waals surface area contributed by atoms with Crippen LogP contribution in [0.1, 0.15) is 17.4 Å². The lowest BCUT2D eigenvalue weighted by atomic mass is 10.1. The van der Waals surface area contributed by atoms with Crippen molar-refractivity contribution in [3.05, 3.63) is 33.1 Å². The van der Waals surface area contributed by atoms with E-state index in [0.717, 1.165) is 9.35 Å². The quantitative estimate of drug-likeness (QED) is 0.774. The van der Waals surface area contributed by atoms with E-state index in [1.54, 1.807) is 11.3 Å². The minimum atomic E-state index is -0.0891. The number of hydrogen-bond donors (Lipinski definition) is 0. The topological polar surface area (TPSA) is 26.3 Å². The Morgan fingerprint density at radius 3 is 3.08 bits per heavy atom. The van der Waals surface area contributed by atoms with Gasteiger partial charge in [-0.25, -0.2) is 0 Å². The van der Waals surface area contributed by atoms with E-state index in [1.165, 1.54) is 12.3 Å². The maximum atomic E-state index is 11.1. The predicted molar refractivity (Wildman–Crippen MR) is 54.6 cm³/mol. The van der Waals surface area contributed by atoms with E-state index in [0.29, 0.717) is 6.42 Å². The van der Waals surface area contributed by atoms with Crippen molar-refractivity contribution >= 4 is 33.0 Å². The first-order chi connectivity index (χ1) is 6.25. The van der Waals surface area contributed by atoms with E-state index in [1.807, 2.05) is 11.4 Å². The number of rotatable bonds is 1. The molecule has 1 aliphatic rings. The van der Waals surface area contributed by atoms with Gasteiger partial charge in [0.05, 0.1) is 12.7 Å². The van der Waals surface area contributed by atoms with Gasteiger partial charge in [0.1, 0.15) is 6.10 Å². The summed E-state index contributed by atoms with van der Waals surface area (Å²) in [6.45, 7) is 0. The molecule has 0 saturated carbocycles. The molecular formula is C9H7BrO2S. The van der Waals surface area contributed by atoms with Gasteiger partial charge in [-0.3, -0.25) is 4.79 Å². The van der Waals surface area contributed by atoms with E-state index in [9.17, 15) is 4.79 Å². The summed E-state index contributed by atoms with van der Waals surface area (Å²) in [6.07, 6.45) is 3.31. The number of ether oxygens (including phenoxy) is 1. The second-order valence-corrected chi connectivity index (χ2v) is 4.62. The molecule has 68 valence electrons. The normalized spacial score (nSPS) is 21.6. The largest absolute Gasteiger partial charge is 0.492 e. The van der Waals surface area contributed by atoms with Crippen molar-refractivity contribution in [2.24, 2.45) is 0 Å². The van der Waals surface area contributed by atoms with Gasteiger partial charge < -0.3 is 4.74 Å². The van der Waals surface area contributed by atoms with Gasteiger partial charge in [0.25, 0.3) is 0 Å². The number of thiophene rings is 1. The Kier molecular flexibility index (Phi) is 2.51. The Labute approximate surface area is 88.3 Å². The van der Waals surface area contributed by atoms with Crippen LogP contribution in [0.25, 0.3) is 0 Å². The third kappa shape index (κ3) is 2.00. The van der Waals surface area contributed by atoms with Crippen molar-refractivity contribution in [1.29, 1.82) is 0 Å². The minimum Gasteiger partial charge on any atom is -0.492 e. The number of carbonyl (C=O) groups excluding carboxylic acids is 1. The van der Waals surface area contributed by atoms with E-state index in [4.69, 9.17) is 4.74 Å². The Morgan fingerprint density at radius 2 is 2.46 bits per heavy atom. The van der Waals surface area contributed by atoms with Crippen LogP contribution < -0.4 is 0 Å². The fourth-order valence-corrected chi connectivity index (χ4v) is 2.65. The highest BCUT2D eigenvalue weighted by Gasteiger charge is 2.19. The van der Waals surface area contributed by atoms with Crippen molar-refractivity contribution in [2.45, 2.75) is 12.5 Å². The lowest BCUT2D eigenvalue weighted by Crippen LogP contribution is -2.09. The Hall–Kier alpha value is -0.610. The Bertz CT molecular complexity index is 356. The summed E-state index contributed by atoms with van der Waals surface area (Å²) in [6, 6.07) is 1.99. The Morgan fingerprint density at radius 1 is 1.62 bits per heavy atom. The van der Waals surface area contributed by atoms with Crippen molar-refractivity contribution in [2.75, 3.05) is 0 Å². The van der Waals surface area contributed by atoms with Crippen LogP contribution in [0.5, 0.6) is 0 Å². The van der Waals surface area contributed by atoms with Crippen LogP contribution in [0, 0.1) is 0 Å². The van der Waals surface area contributed by atoms with Crippen LogP contribution in [0.3, 0.4) is 0 Å². The van der Waals surface area contributed by atoms with Gasteiger partial charge in [-0.2, -0.15) is 0 Å². The van der Waals surface area contributed by atoms with Crippen LogP contribution in [0.4, 0.5) is 0 Å². The van der Waals surface area contributed by atoms with Gasteiger partial charge in [0.15, 0.2) is 5.78 Å². The van der Waals surface area contributed by atoms with Crippen LogP contribution in [-0.4, -0.2) is 5.78 Å². The van der Waals surface area contributed by atoms with Crippen molar-refractivity contribution < 1.29 is 9.53 Å². The average Bonchev–Trinajstić information content (AvgIpc) is 2.52. The van der Waals surface area contributed by atoms with Gasteiger partial charge in [0.2, 0.25) is 0 Å². The molecule has 0 spiro atoms. The molecule has 1 aromatic heterocycles. The number of hydrogen-bond acceptors (Lipinski definition) is 3. The fourth-order valence-electron chi connectivity index (χ4n) is 1.17. The van der Waals surface area contributed by atoms with Crippen LogP contribution >= 0.6 is 27.3 Å². The third-order valence-corrected chi connectivity index (χ3v) is 3.57. The molecule has 2 rings (SSSR count).